The van der Waals surface area contributed by atoms with Crippen molar-refractivity contribution in [1.29, 1.82) is 5.41 Å². The molecule has 0 unspecified atom stereocenters. The van der Waals surface area contributed by atoms with Gasteiger partial charge in [0, 0.05) is 33.0 Å². The third-order valence-corrected chi connectivity index (χ3v) is 10.0. The third-order valence-electron chi connectivity index (χ3n) is 10.0. The van der Waals surface area contributed by atoms with Crippen molar-refractivity contribution in [1.82, 2.24) is 9.97 Å². The number of nitrogens with one attached hydrogen (secondary N) is 2. The first kappa shape index (κ1) is 31.3. The lowest BCUT2D eigenvalue weighted by Crippen LogP contribution is -2.18. The van der Waals surface area contributed by atoms with Crippen molar-refractivity contribution in [2.45, 2.75) is 0 Å². The molecule has 6 heteroatoms. The fourth-order valence-corrected chi connectivity index (χ4v) is 7.43. The van der Waals surface area contributed by atoms with E-state index in [0.717, 1.165) is 88.7 Å². The number of hydrogen-bond donors (Lipinski definition) is 2. The summed E-state index contributed by atoms with van der Waals surface area (Å²) in [4.78, 5) is 10.6. The predicted octanol–water partition coefficient (Wildman–Crippen LogP) is 12.1. The van der Waals surface area contributed by atoms with Gasteiger partial charge in [-0.2, -0.15) is 5.10 Å². The van der Waals surface area contributed by atoms with Gasteiger partial charge in [-0.1, -0.05) is 133 Å². The van der Waals surface area contributed by atoms with Crippen molar-refractivity contribution in [2.24, 2.45) is 5.10 Å². The molecule has 0 aliphatic heterocycles. The van der Waals surface area contributed by atoms with Crippen molar-refractivity contribution < 1.29 is 4.42 Å². The standard InChI is InChI=1S/C48H31N5O/c49-47-40(53-52-34-14-5-2-6-15-34)27-25-31-22-23-32-28-33(24-26-36(32)45(31)47)48-50-41(37-17-8-7-16-35(37)30-12-3-1-4-13-30)29-42(51-48)38-19-11-21-44-46(38)39-18-9-10-20-43(39)54-44/h1-29,49,52H/b49-47?,53-40-. The molecule has 1 aliphatic rings. The summed E-state index contributed by atoms with van der Waals surface area (Å²) in [5.41, 5.74) is 15.1. The Kier molecular flexibility index (Phi) is 7.51. The summed E-state index contributed by atoms with van der Waals surface area (Å²) in [7, 11) is 0. The highest BCUT2D eigenvalue weighted by Gasteiger charge is 2.21. The molecule has 6 nitrogen and oxygen atoms in total. The van der Waals surface area contributed by atoms with Crippen LogP contribution in [0.3, 0.4) is 0 Å². The number of rotatable bonds is 6. The topological polar surface area (TPSA) is 87.2 Å². The van der Waals surface area contributed by atoms with E-state index in [1.165, 1.54) is 0 Å². The summed E-state index contributed by atoms with van der Waals surface area (Å²) < 4.78 is 6.29. The van der Waals surface area contributed by atoms with E-state index in [4.69, 9.17) is 14.4 Å². The molecule has 1 aliphatic carbocycles. The Hall–Kier alpha value is -7.44. The zero-order valence-corrected chi connectivity index (χ0v) is 29.0. The van der Waals surface area contributed by atoms with E-state index < -0.39 is 0 Å². The summed E-state index contributed by atoms with van der Waals surface area (Å²) in [6.45, 7) is 0. The van der Waals surface area contributed by atoms with E-state index in [2.05, 4.69) is 108 Å². The lowest BCUT2D eigenvalue weighted by atomic mass is 9.89. The largest absolute Gasteiger partial charge is 0.456 e. The monoisotopic (exact) mass is 693 g/mol. The number of fused-ring (bicyclic) bond motifs is 6. The lowest BCUT2D eigenvalue weighted by molar-refractivity contribution is 0.669. The average molecular weight is 694 g/mol. The minimum Gasteiger partial charge on any atom is -0.456 e. The summed E-state index contributed by atoms with van der Waals surface area (Å²) >= 11 is 0. The maximum absolute atomic E-state index is 9.19. The van der Waals surface area contributed by atoms with Gasteiger partial charge in [0.05, 0.1) is 22.8 Å². The smallest absolute Gasteiger partial charge is 0.160 e. The van der Waals surface area contributed by atoms with Gasteiger partial charge in [-0.05, 0) is 69.9 Å². The zero-order chi connectivity index (χ0) is 36.0. The predicted molar refractivity (Wildman–Crippen MR) is 222 cm³/mol. The van der Waals surface area contributed by atoms with Crippen molar-refractivity contribution in [3.63, 3.8) is 0 Å². The van der Waals surface area contributed by atoms with Crippen LogP contribution in [0.4, 0.5) is 5.69 Å². The molecule has 7 aromatic carbocycles. The molecule has 2 heterocycles. The Balaban J connectivity index is 1.14. The molecule has 0 atom stereocenters. The molecule has 254 valence electrons. The van der Waals surface area contributed by atoms with E-state index in [-0.39, 0.29) is 0 Å². The number of para-hydroxylation sites is 2. The first-order valence-corrected chi connectivity index (χ1v) is 17.9. The Bertz CT molecular complexity index is 2980. The normalized spacial score (nSPS) is 13.2. The second-order valence-electron chi connectivity index (χ2n) is 13.3. The summed E-state index contributed by atoms with van der Waals surface area (Å²) in [5, 5.41) is 17.8. The number of aromatic nitrogens is 2. The molecule has 0 amide bonds. The number of allylic oxidation sites excluding steroid dienone is 1. The van der Waals surface area contributed by atoms with Gasteiger partial charge in [0.1, 0.15) is 16.9 Å². The Labute approximate surface area is 311 Å². The van der Waals surface area contributed by atoms with E-state index in [9.17, 15) is 5.41 Å². The fraction of sp³-hybridized carbons (Fsp3) is 0. The molecule has 9 aromatic rings. The third kappa shape index (κ3) is 5.45. The highest BCUT2D eigenvalue weighted by Crippen LogP contribution is 2.39. The quantitative estimate of drug-likeness (QED) is 0.170. The highest BCUT2D eigenvalue weighted by atomic mass is 16.3. The van der Waals surface area contributed by atoms with Crippen LogP contribution in [0.25, 0.3) is 83.8 Å². The van der Waals surface area contributed by atoms with Crippen LogP contribution in [0.5, 0.6) is 0 Å². The zero-order valence-electron chi connectivity index (χ0n) is 29.0. The van der Waals surface area contributed by atoms with Crippen LogP contribution >= 0.6 is 0 Å². The average Bonchev–Trinajstić information content (AvgIpc) is 3.63. The van der Waals surface area contributed by atoms with Gasteiger partial charge in [0.2, 0.25) is 0 Å². The van der Waals surface area contributed by atoms with Gasteiger partial charge < -0.3 is 4.42 Å². The summed E-state index contributed by atoms with van der Waals surface area (Å²) in [6, 6.07) is 55.4. The lowest BCUT2D eigenvalue weighted by Gasteiger charge is -2.17. The second kappa shape index (κ2) is 13.0. The number of benzene rings is 7. The number of hydrogen-bond acceptors (Lipinski definition) is 6. The molecular weight excluding hydrogens is 663 g/mol. The van der Waals surface area contributed by atoms with Gasteiger partial charge in [0.25, 0.3) is 0 Å². The van der Waals surface area contributed by atoms with E-state index >= 15 is 0 Å². The van der Waals surface area contributed by atoms with Crippen molar-refractivity contribution in [2.75, 3.05) is 5.43 Å². The Morgan fingerprint density at radius 1 is 0.537 bits per heavy atom. The van der Waals surface area contributed by atoms with E-state index in [0.29, 0.717) is 17.2 Å². The summed E-state index contributed by atoms with van der Waals surface area (Å²) in [6.07, 6.45) is 3.91. The summed E-state index contributed by atoms with van der Waals surface area (Å²) in [5.74, 6) is 0.610. The van der Waals surface area contributed by atoms with Gasteiger partial charge in [0.15, 0.2) is 5.82 Å². The van der Waals surface area contributed by atoms with Crippen LogP contribution in [0, 0.1) is 5.41 Å². The Morgan fingerprint density at radius 3 is 2.09 bits per heavy atom. The minimum atomic E-state index is 0.368. The molecule has 10 rings (SSSR count). The molecule has 2 aromatic heterocycles. The molecular formula is C48H31N5O. The van der Waals surface area contributed by atoms with Gasteiger partial charge in [-0.25, -0.2) is 9.97 Å². The van der Waals surface area contributed by atoms with Crippen LogP contribution < -0.4 is 5.43 Å². The van der Waals surface area contributed by atoms with Gasteiger partial charge in [-0.15, -0.1) is 0 Å². The van der Waals surface area contributed by atoms with Crippen molar-refractivity contribution in [3.05, 3.63) is 181 Å². The first-order chi connectivity index (χ1) is 26.7. The minimum absolute atomic E-state index is 0.368. The van der Waals surface area contributed by atoms with E-state index in [1.54, 1.807) is 0 Å². The van der Waals surface area contributed by atoms with Gasteiger partial charge in [-0.3, -0.25) is 10.8 Å². The molecule has 0 bridgehead atoms. The molecule has 0 saturated heterocycles. The van der Waals surface area contributed by atoms with Crippen LogP contribution in [-0.2, 0) is 0 Å². The molecule has 0 fully saturated rings. The van der Waals surface area contributed by atoms with Crippen LogP contribution in [0.2, 0.25) is 0 Å². The van der Waals surface area contributed by atoms with E-state index in [1.807, 2.05) is 78.9 Å². The number of nitrogens with zero attached hydrogens (tertiary/aromatic N) is 3. The van der Waals surface area contributed by atoms with Crippen LogP contribution in [0.15, 0.2) is 179 Å². The maximum Gasteiger partial charge on any atom is 0.160 e. The molecule has 0 radical (unpaired) electrons. The molecule has 0 saturated carbocycles. The van der Waals surface area contributed by atoms with Crippen molar-refractivity contribution >= 4 is 55.9 Å². The van der Waals surface area contributed by atoms with Gasteiger partial charge >= 0.3 is 0 Å². The number of hydrazone groups is 1. The van der Waals surface area contributed by atoms with Crippen LogP contribution in [0.1, 0.15) is 11.1 Å². The number of anilines is 1. The number of furan rings is 1. The maximum atomic E-state index is 9.19. The fourth-order valence-electron chi connectivity index (χ4n) is 7.43. The van der Waals surface area contributed by atoms with Crippen LogP contribution in [-0.4, -0.2) is 21.4 Å². The van der Waals surface area contributed by atoms with Crippen molar-refractivity contribution in [3.8, 4) is 45.0 Å². The Morgan fingerprint density at radius 2 is 1.24 bits per heavy atom. The molecule has 2 N–H and O–H groups in total. The highest BCUT2D eigenvalue weighted by molar-refractivity contribution is 6.55. The SMILES string of the molecule is N=C1/C(=N\Nc2ccccc2)C=Cc2ccc3cc(-c4nc(-c5ccccc5-c5ccccc5)cc(-c5cccc6oc7ccccc7c56)n4)ccc3c21. The second-order valence-corrected chi connectivity index (χ2v) is 13.3. The first-order valence-electron chi connectivity index (χ1n) is 17.9. The molecule has 54 heavy (non-hydrogen) atoms. The molecule has 0 spiro atoms.